The van der Waals surface area contributed by atoms with Gasteiger partial charge in [0.25, 0.3) is 11.8 Å². The molecule has 5 nitrogen and oxygen atoms in total. The van der Waals surface area contributed by atoms with Crippen molar-refractivity contribution in [3.05, 3.63) is 35.6 Å². The van der Waals surface area contributed by atoms with Crippen molar-refractivity contribution < 1.29 is 14.0 Å². The van der Waals surface area contributed by atoms with Gasteiger partial charge in [0.2, 0.25) is 0 Å². The topological polar surface area (TPSA) is 64.4 Å². The van der Waals surface area contributed by atoms with Crippen LogP contribution in [0.4, 0.5) is 4.39 Å². The monoisotopic (exact) mass is 377 g/mol. The zero-order valence-electron chi connectivity index (χ0n) is 13.9. The summed E-state index contributed by atoms with van der Waals surface area (Å²) in [6.07, 6.45) is 0.251. The normalized spacial score (nSPS) is 39.6. The molecule has 4 saturated heterocycles. The average Bonchev–Trinajstić information content (AvgIpc) is 2.87. The fourth-order valence-electron chi connectivity index (χ4n) is 4.07. The van der Waals surface area contributed by atoms with E-state index in [1.165, 1.54) is 38.6 Å². The zero-order chi connectivity index (χ0) is 18.2. The van der Waals surface area contributed by atoms with Crippen molar-refractivity contribution in [2.45, 2.75) is 36.1 Å². The van der Waals surface area contributed by atoms with Crippen molar-refractivity contribution in [1.29, 1.82) is 5.26 Å². The van der Waals surface area contributed by atoms with Crippen LogP contribution in [-0.2, 0) is 9.59 Å². The highest BCUT2D eigenvalue weighted by atomic mass is 33.1. The Bertz CT molecular complexity index is 841. The Morgan fingerprint density at radius 3 is 2.44 bits per heavy atom. The average molecular weight is 377 g/mol. The minimum Gasteiger partial charge on any atom is -0.319 e. The van der Waals surface area contributed by atoms with E-state index in [9.17, 15) is 19.2 Å². The molecule has 4 aliphatic rings. The molecule has 4 fully saturated rings. The third-order valence-electron chi connectivity index (χ3n) is 5.54. The Balaban J connectivity index is 1.93. The maximum absolute atomic E-state index is 13.4. The van der Waals surface area contributed by atoms with Gasteiger partial charge in [0.1, 0.15) is 5.82 Å². The third kappa shape index (κ3) is 1.86. The van der Waals surface area contributed by atoms with E-state index in [2.05, 4.69) is 6.07 Å². The Hall–Kier alpha value is -1.72. The van der Waals surface area contributed by atoms with E-state index in [0.29, 0.717) is 5.56 Å². The first-order chi connectivity index (χ1) is 11.7. The van der Waals surface area contributed by atoms with E-state index in [0.717, 1.165) is 0 Å². The van der Waals surface area contributed by atoms with E-state index in [1.54, 1.807) is 37.9 Å². The maximum Gasteiger partial charge on any atom is 0.261 e. The molecule has 2 bridgehead atoms. The second kappa shape index (κ2) is 4.92. The van der Waals surface area contributed by atoms with Crippen LogP contribution in [0, 0.1) is 22.6 Å². The lowest BCUT2D eigenvalue weighted by atomic mass is 9.79. The summed E-state index contributed by atoms with van der Waals surface area (Å²) in [5.41, 5.74) is -0.263. The minimum atomic E-state index is -1.09. The van der Waals surface area contributed by atoms with Crippen LogP contribution in [0.1, 0.15) is 31.9 Å². The number of halogens is 1. The smallest absolute Gasteiger partial charge is 0.261 e. The molecular weight excluding hydrogens is 361 g/mol. The van der Waals surface area contributed by atoms with E-state index < -0.39 is 21.2 Å². The first kappa shape index (κ1) is 16.7. The van der Waals surface area contributed by atoms with Crippen LogP contribution in [0.15, 0.2) is 24.3 Å². The number of piperazine rings is 1. The molecule has 4 atom stereocenters. The lowest BCUT2D eigenvalue weighted by Gasteiger charge is -2.57. The number of carbonyl (C=O) groups excluding carboxylic acids is 2. The molecule has 2 amide bonds. The summed E-state index contributed by atoms with van der Waals surface area (Å²) in [6, 6.07) is 7.57. The van der Waals surface area contributed by atoms with Gasteiger partial charge in [-0.05, 0) is 31.5 Å². The quantitative estimate of drug-likeness (QED) is 0.704. The molecule has 0 aromatic heterocycles. The van der Waals surface area contributed by atoms with Crippen LogP contribution in [0.2, 0.25) is 0 Å². The molecule has 4 heterocycles. The molecule has 2 unspecified atom stereocenters. The fraction of sp³-hybridized carbons (Fsp3) is 0.471. The van der Waals surface area contributed by atoms with Gasteiger partial charge in [-0.3, -0.25) is 9.59 Å². The van der Waals surface area contributed by atoms with Crippen LogP contribution in [0.3, 0.4) is 0 Å². The summed E-state index contributed by atoms with van der Waals surface area (Å²) in [4.78, 5) is 27.4. The van der Waals surface area contributed by atoms with Gasteiger partial charge < -0.3 is 9.80 Å². The van der Waals surface area contributed by atoms with Crippen LogP contribution in [-0.4, -0.2) is 38.4 Å². The summed E-state index contributed by atoms with van der Waals surface area (Å²) >= 11 is 0. The number of amides is 2. The molecule has 25 heavy (non-hydrogen) atoms. The molecule has 0 radical (unpaired) electrons. The second-order valence-electron chi connectivity index (χ2n) is 7.13. The molecule has 8 heteroatoms. The first-order valence-corrected chi connectivity index (χ1v) is 10.0. The summed E-state index contributed by atoms with van der Waals surface area (Å²) in [5.74, 6) is -0.703. The largest absolute Gasteiger partial charge is 0.319 e. The van der Waals surface area contributed by atoms with Crippen molar-refractivity contribution in [3.63, 3.8) is 0 Å². The minimum absolute atomic E-state index is 0.149. The van der Waals surface area contributed by atoms with Crippen LogP contribution < -0.4 is 0 Å². The van der Waals surface area contributed by atoms with E-state index in [4.69, 9.17) is 0 Å². The van der Waals surface area contributed by atoms with E-state index in [-0.39, 0.29) is 24.1 Å². The molecule has 1 spiro atoms. The Labute approximate surface area is 152 Å². The van der Waals surface area contributed by atoms with Gasteiger partial charge in [0.05, 0.1) is 17.5 Å². The van der Waals surface area contributed by atoms with Crippen molar-refractivity contribution in [2.75, 3.05) is 7.05 Å². The number of fused-ring (bicyclic) bond motifs is 2. The van der Waals surface area contributed by atoms with Gasteiger partial charge in [-0.25, -0.2) is 4.39 Å². The van der Waals surface area contributed by atoms with Crippen LogP contribution in [0.5, 0.6) is 0 Å². The lowest BCUT2D eigenvalue weighted by Crippen LogP contribution is -2.73. The van der Waals surface area contributed by atoms with Gasteiger partial charge in [0.15, 0.2) is 9.74 Å². The predicted molar refractivity (Wildman–Crippen MR) is 93.4 cm³/mol. The Morgan fingerprint density at radius 2 is 1.84 bits per heavy atom. The number of hydrogen-bond donors (Lipinski definition) is 0. The molecule has 0 aliphatic carbocycles. The van der Waals surface area contributed by atoms with Gasteiger partial charge >= 0.3 is 0 Å². The zero-order valence-corrected chi connectivity index (χ0v) is 15.6. The molecule has 0 N–H and O–H groups in total. The van der Waals surface area contributed by atoms with Gasteiger partial charge in [-0.1, -0.05) is 33.7 Å². The molecule has 5 rings (SSSR count). The summed E-state index contributed by atoms with van der Waals surface area (Å²) < 4.78 is 13.4. The molecule has 1 aromatic carbocycles. The second-order valence-corrected chi connectivity index (χ2v) is 9.94. The van der Waals surface area contributed by atoms with Crippen molar-refractivity contribution in [3.8, 4) is 6.07 Å². The number of benzene rings is 1. The lowest BCUT2D eigenvalue weighted by molar-refractivity contribution is -0.164. The third-order valence-corrected chi connectivity index (χ3v) is 9.23. The maximum atomic E-state index is 13.4. The highest BCUT2D eigenvalue weighted by molar-refractivity contribution is 8.78. The number of hydrogen-bond acceptors (Lipinski definition) is 5. The van der Waals surface area contributed by atoms with Crippen molar-refractivity contribution in [1.82, 2.24) is 9.80 Å². The van der Waals surface area contributed by atoms with E-state index >= 15 is 0 Å². The number of rotatable bonds is 1. The van der Waals surface area contributed by atoms with Crippen LogP contribution in [0.25, 0.3) is 0 Å². The SMILES string of the molecule is CN1C(=O)[C@@]23C[C@](C)(C#N)C(c4ccc(F)cc4)N2C(=O)C1(C)SS3. The molecule has 1 aromatic rings. The Kier molecular flexibility index (Phi) is 3.29. The highest BCUT2D eigenvalue weighted by Gasteiger charge is 2.74. The summed E-state index contributed by atoms with van der Waals surface area (Å²) in [5, 5.41) is 9.88. The van der Waals surface area contributed by atoms with Crippen molar-refractivity contribution in [2.24, 2.45) is 5.41 Å². The predicted octanol–water partition coefficient (Wildman–Crippen LogP) is 2.91. The van der Waals surface area contributed by atoms with E-state index in [1.807, 2.05) is 0 Å². The summed E-state index contributed by atoms with van der Waals surface area (Å²) in [7, 11) is 4.38. The number of carbonyl (C=O) groups is 2. The number of likely N-dealkylation sites (N-methyl/N-ethyl adjacent to an activating group) is 1. The van der Waals surface area contributed by atoms with Crippen LogP contribution >= 0.6 is 21.6 Å². The molecule has 4 aliphatic heterocycles. The Morgan fingerprint density at radius 1 is 1.20 bits per heavy atom. The number of nitrogens with zero attached hydrogens (tertiary/aromatic N) is 3. The molecule has 0 saturated carbocycles. The molecule has 130 valence electrons. The molecular formula is C17H16FN3O2S2. The standard InChI is InChI=1S/C17H16FN3O2S2/c1-15(9-19)8-17-14(23)20(3)16(2,24-25-17)13(22)21(17)12(15)10-4-6-11(18)7-5-10/h4-7,12H,8H2,1-3H3/t12?,15-,16?,17+/m1/s1. The fourth-order valence-corrected chi connectivity index (χ4v) is 7.65. The first-order valence-electron chi connectivity index (χ1n) is 7.85. The van der Waals surface area contributed by atoms with Crippen molar-refractivity contribution >= 4 is 33.4 Å². The van der Waals surface area contributed by atoms with Gasteiger partial charge in [0, 0.05) is 13.5 Å². The summed E-state index contributed by atoms with van der Waals surface area (Å²) in [6.45, 7) is 3.51. The van der Waals surface area contributed by atoms with Gasteiger partial charge in [-0.2, -0.15) is 5.26 Å². The highest BCUT2D eigenvalue weighted by Crippen LogP contribution is 2.69. The number of nitriles is 1. The van der Waals surface area contributed by atoms with Gasteiger partial charge in [-0.15, -0.1) is 0 Å².